The molecule has 162 valence electrons. The van der Waals surface area contributed by atoms with Crippen molar-refractivity contribution in [3.05, 3.63) is 90.3 Å². The predicted octanol–water partition coefficient (Wildman–Crippen LogP) is 5.11. The number of aromatic hydroxyl groups is 1. The molecule has 6 nitrogen and oxygen atoms in total. The standard InChI is InChI=1S/C26H23NO5/c1-30-23-14-18(15-24(31-2)26(23)32-3)25(29)22-13-19(17-8-7-11-21(28)12-17)16-27(22)20-9-5-4-6-10-20/h4-16,28H,1-3H3. The van der Waals surface area contributed by atoms with Gasteiger partial charge in [-0.3, -0.25) is 4.79 Å². The van der Waals surface area contributed by atoms with E-state index in [0.717, 1.165) is 16.8 Å². The maximum absolute atomic E-state index is 13.7. The Bertz CT molecular complexity index is 1240. The van der Waals surface area contributed by atoms with Crippen molar-refractivity contribution in [1.29, 1.82) is 0 Å². The van der Waals surface area contributed by atoms with E-state index in [1.807, 2.05) is 53.2 Å². The zero-order chi connectivity index (χ0) is 22.7. The smallest absolute Gasteiger partial charge is 0.210 e. The van der Waals surface area contributed by atoms with Crippen LogP contribution in [0.3, 0.4) is 0 Å². The average Bonchev–Trinajstić information content (AvgIpc) is 3.28. The topological polar surface area (TPSA) is 69.9 Å². The summed E-state index contributed by atoms with van der Waals surface area (Å²) in [6, 6.07) is 21.6. The summed E-state index contributed by atoms with van der Waals surface area (Å²) in [6.07, 6.45) is 1.88. The Balaban J connectivity index is 1.88. The van der Waals surface area contributed by atoms with Gasteiger partial charge >= 0.3 is 0 Å². The van der Waals surface area contributed by atoms with Gasteiger partial charge in [0.1, 0.15) is 5.75 Å². The van der Waals surface area contributed by atoms with Crippen molar-refractivity contribution in [1.82, 2.24) is 4.57 Å². The summed E-state index contributed by atoms with van der Waals surface area (Å²) in [5.74, 6) is 1.18. The van der Waals surface area contributed by atoms with Gasteiger partial charge in [0.2, 0.25) is 11.5 Å². The molecule has 3 aromatic carbocycles. The van der Waals surface area contributed by atoms with E-state index in [2.05, 4.69) is 0 Å². The fourth-order valence-electron chi connectivity index (χ4n) is 3.64. The van der Waals surface area contributed by atoms with Gasteiger partial charge in [-0.1, -0.05) is 30.3 Å². The first kappa shape index (κ1) is 21.1. The summed E-state index contributed by atoms with van der Waals surface area (Å²) in [7, 11) is 4.54. The Kier molecular flexibility index (Phi) is 5.85. The molecule has 1 N–H and O–H groups in total. The molecule has 4 aromatic rings. The maximum atomic E-state index is 13.7. The van der Waals surface area contributed by atoms with Crippen LogP contribution in [0.25, 0.3) is 16.8 Å². The highest BCUT2D eigenvalue weighted by Crippen LogP contribution is 2.39. The van der Waals surface area contributed by atoms with E-state index < -0.39 is 0 Å². The van der Waals surface area contributed by atoms with E-state index in [1.165, 1.54) is 21.3 Å². The number of ketones is 1. The second-order valence-electron chi connectivity index (χ2n) is 7.11. The zero-order valence-electron chi connectivity index (χ0n) is 18.0. The summed E-state index contributed by atoms with van der Waals surface area (Å²) in [5, 5.41) is 9.91. The fraction of sp³-hybridized carbons (Fsp3) is 0.115. The Hall–Kier alpha value is -4.19. The molecule has 0 fully saturated rings. The van der Waals surface area contributed by atoms with Crippen LogP contribution in [-0.4, -0.2) is 36.8 Å². The summed E-state index contributed by atoms with van der Waals surface area (Å²) in [4.78, 5) is 13.7. The van der Waals surface area contributed by atoms with E-state index in [4.69, 9.17) is 14.2 Å². The number of phenolic OH excluding ortho intramolecular Hbond substituents is 1. The van der Waals surface area contributed by atoms with Crippen LogP contribution in [0.1, 0.15) is 16.1 Å². The number of benzene rings is 3. The van der Waals surface area contributed by atoms with Crippen molar-refractivity contribution in [2.75, 3.05) is 21.3 Å². The molecule has 0 aliphatic rings. The molecule has 0 atom stereocenters. The molecule has 0 aliphatic carbocycles. The van der Waals surface area contributed by atoms with Crippen LogP contribution in [0.2, 0.25) is 0 Å². The largest absolute Gasteiger partial charge is 0.508 e. The lowest BCUT2D eigenvalue weighted by atomic mass is 10.0. The normalized spacial score (nSPS) is 10.6. The Morgan fingerprint density at radius 3 is 2.06 bits per heavy atom. The van der Waals surface area contributed by atoms with Gasteiger partial charge < -0.3 is 23.9 Å². The third-order valence-electron chi connectivity index (χ3n) is 5.19. The highest BCUT2D eigenvalue weighted by atomic mass is 16.5. The monoisotopic (exact) mass is 429 g/mol. The molecule has 0 saturated heterocycles. The number of aromatic nitrogens is 1. The number of para-hydroxylation sites is 1. The van der Waals surface area contributed by atoms with Crippen LogP contribution in [0.5, 0.6) is 23.0 Å². The van der Waals surface area contributed by atoms with Gasteiger partial charge in [0.25, 0.3) is 0 Å². The highest BCUT2D eigenvalue weighted by molar-refractivity contribution is 6.09. The highest BCUT2D eigenvalue weighted by Gasteiger charge is 2.22. The molecule has 6 heteroatoms. The number of nitrogens with zero attached hydrogens (tertiary/aromatic N) is 1. The second-order valence-corrected chi connectivity index (χ2v) is 7.11. The molecule has 0 saturated carbocycles. The summed E-state index contributed by atoms with van der Waals surface area (Å²) < 4.78 is 18.0. The first-order valence-electron chi connectivity index (χ1n) is 9.97. The second kappa shape index (κ2) is 8.89. The van der Waals surface area contributed by atoms with Crippen LogP contribution in [-0.2, 0) is 0 Å². The van der Waals surface area contributed by atoms with Crippen molar-refractivity contribution >= 4 is 5.78 Å². The molecular formula is C26H23NO5. The van der Waals surface area contributed by atoms with E-state index in [0.29, 0.717) is 28.5 Å². The molecule has 0 radical (unpaired) electrons. The minimum atomic E-state index is -0.209. The van der Waals surface area contributed by atoms with E-state index >= 15 is 0 Å². The molecule has 0 unspecified atom stereocenters. The molecule has 4 rings (SSSR count). The molecule has 0 bridgehead atoms. The lowest BCUT2D eigenvalue weighted by Gasteiger charge is -2.14. The van der Waals surface area contributed by atoms with E-state index in [9.17, 15) is 9.90 Å². The number of hydrogen-bond acceptors (Lipinski definition) is 5. The van der Waals surface area contributed by atoms with Crippen molar-refractivity contribution in [3.63, 3.8) is 0 Å². The summed E-state index contributed by atoms with van der Waals surface area (Å²) >= 11 is 0. The quantitative estimate of drug-likeness (QED) is 0.414. The maximum Gasteiger partial charge on any atom is 0.210 e. The van der Waals surface area contributed by atoms with Crippen LogP contribution >= 0.6 is 0 Å². The fourth-order valence-corrected chi connectivity index (χ4v) is 3.64. The Morgan fingerprint density at radius 1 is 0.781 bits per heavy atom. The summed E-state index contributed by atoms with van der Waals surface area (Å²) in [5.41, 5.74) is 3.31. The predicted molar refractivity (Wildman–Crippen MR) is 122 cm³/mol. The minimum absolute atomic E-state index is 0.160. The lowest BCUT2D eigenvalue weighted by molar-refractivity contribution is 0.103. The van der Waals surface area contributed by atoms with Gasteiger partial charge in [-0.05, 0) is 48.0 Å². The van der Waals surface area contributed by atoms with Crippen molar-refractivity contribution in [2.24, 2.45) is 0 Å². The number of phenols is 1. The number of rotatable bonds is 7. The lowest BCUT2D eigenvalue weighted by Crippen LogP contribution is -2.09. The van der Waals surface area contributed by atoms with Gasteiger partial charge in [0, 0.05) is 23.0 Å². The summed E-state index contributed by atoms with van der Waals surface area (Å²) in [6.45, 7) is 0. The molecule has 0 aliphatic heterocycles. The van der Waals surface area contributed by atoms with Crippen LogP contribution in [0.4, 0.5) is 0 Å². The Labute approximate surface area is 186 Å². The van der Waals surface area contributed by atoms with Crippen LogP contribution in [0, 0.1) is 0 Å². The third-order valence-corrected chi connectivity index (χ3v) is 5.19. The number of ether oxygens (including phenoxy) is 3. The Morgan fingerprint density at radius 2 is 1.47 bits per heavy atom. The SMILES string of the molecule is COc1cc(C(=O)c2cc(-c3cccc(O)c3)cn2-c2ccccc2)cc(OC)c1OC. The van der Waals surface area contributed by atoms with Gasteiger partial charge in [0.15, 0.2) is 11.5 Å². The molecule has 32 heavy (non-hydrogen) atoms. The van der Waals surface area contributed by atoms with Gasteiger partial charge in [-0.15, -0.1) is 0 Å². The number of methoxy groups -OCH3 is 3. The molecule has 1 aromatic heterocycles. The third kappa shape index (κ3) is 3.90. The number of carbonyl (C=O) groups excluding carboxylic acids is 1. The molecule has 0 spiro atoms. The van der Waals surface area contributed by atoms with Crippen LogP contribution in [0.15, 0.2) is 79.0 Å². The van der Waals surface area contributed by atoms with Crippen LogP contribution < -0.4 is 14.2 Å². The number of carbonyl (C=O) groups is 1. The van der Waals surface area contributed by atoms with E-state index in [1.54, 1.807) is 30.3 Å². The van der Waals surface area contributed by atoms with Gasteiger partial charge in [0.05, 0.1) is 27.0 Å². The number of hydrogen-bond donors (Lipinski definition) is 1. The average molecular weight is 429 g/mol. The molecular weight excluding hydrogens is 406 g/mol. The molecule has 1 heterocycles. The molecule has 0 amide bonds. The first-order valence-corrected chi connectivity index (χ1v) is 9.97. The minimum Gasteiger partial charge on any atom is -0.508 e. The van der Waals surface area contributed by atoms with Crippen molar-refractivity contribution < 1.29 is 24.1 Å². The first-order chi connectivity index (χ1) is 15.5. The van der Waals surface area contributed by atoms with E-state index in [-0.39, 0.29) is 11.5 Å². The van der Waals surface area contributed by atoms with Crippen molar-refractivity contribution in [2.45, 2.75) is 0 Å². The van der Waals surface area contributed by atoms with Gasteiger partial charge in [-0.25, -0.2) is 0 Å². The zero-order valence-corrected chi connectivity index (χ0v) is 18.0. The van der Waals surface area contributed by atoms with Gasteiger partial charge in [-0.2, -0.15) is 0 Å². The van der Waals surface area contributed by atoms with Crippen molar-refractivity contribution in [3.8, 4) is 39.8 Å².